The molecule has 0 fully saturated rings. The number of para-hydroxylation sites is 2. The molecule has 0 radical (unpaired) electrons. The van der Waals surface area contributed by atoms with Crippen molar-refractivity contribution in [2.24, 2.45) is 4.99 Å². The molecular formula is C21H16N2O2. The van der Waals surface area contributed by atoms with E-state index in [-0.39, 0.29) is 5.75 Å². The first-order valence-electron chi connectivity index (χ1n) is 7.99. The SMILES string of the molecule is Cc1cccc2oc(-c3ccc(N=Cc4ccccc4O)cc3)nc12. The maximum atomic E-state index is 9.76. The summed E-state index contributed by atoms with van der Waals surface area (Å²) in [5.74, 6) is 0.810. The highest BCUT2D eigenvalue weighted by atomic mass is 16.3. The quantitative estimate of drug-likeness (QED) is 0.522. The minimum atomic E-state index is 0.213. The summed E-state index contributed by atoms with van der Waals surface area (Å²) in [5, 5.41) is 9.76. The van der Waals surface area contributed by atoms with Gasteiger partial charge in [0.1, 0.15) is 11.3 Å². The molecule has 4 nitrogen and oxygen atoms in total. The van der Waals surface area contributed by atoms with Crippen LogP contribution >= 0.6 is 0 Å². The molecule has 0 atom stereocenters. The van der Waals surface area contributed by atoms with Gasteiger partial charge < -0.3 is 9.52 Å². The monoisotopic (exact) mass is 328 g/mol. The van der Waals surface area contributed by atoms with Crippen molar-refractivity contribution in [1.82, 2.24) is 4.98 Å². The number of hydrogen-bond donors (Lipinski definition) is 1. The second-order valence-electron chi connectivity index (χ2n) is 5.80. The summed E-state index contributed by atoms with van der Waals surface area (Å²) in [6.07, 6.45) is 1.65. The van der Waals surface area contributed by atoms with E-state index in [9.17, 15) is 5.11 Å². The Morgan fingerprint density at radius 3 is 2.52 bits per heavy atom. The van der Waals surface area contributed by atoms with E-state index in [4.69, 9.17) is 4.42 Å². The molecule has 4 aromatic rings. The van der Waals surface area contributed by atoms with Crippen molar-refractivity contribution in [2.45, 2.75) is 6.92 Å². The number of rotatable bonds is 3. The van der Waals surface area contributed by atoms with Gasteiger partial charge in [-0.2, -0.15) is 0 Å². The summed E-state index contributed by atoms with van der Waals surface area (Å²) in [6, 6.07) is 20.6. The smallest absolute Gasteiger partial charge is 0.227 e. The Kier molecular flexibility index (Phi) is 3.78. The first-order chi connectivity index (χ1) is 12.2. The molecule has 1 N–H and O–H groups in total. The summed E-state index contributed by atoms with van der Waals surface area (Å²) in [4.78, 5) is 8.97. The van der Waals surface area contributed by atoms with Crippen LogP contribution in [0.15, 0.2) is 76.1 Å². The summed E-state index contributed by atoms with van der Waals surface area (Å²) < 4.78 is 5.84. The van der Waals surface area contributed by atoms with E-state index in [1.807, 2.05) is 61.5 Å². The molecule has 3 aromatic carbocycles. The molecule has 4 rings (SSSR count). The number of nitrogens with zero attached hydrogens (tertiary/aromatic N) is 2. The Morgan fingerprint density at radius 1 is 0.960 bits per heavy atom. The molecule has 0 saturated heterocycles. The zero-order chi connectivity index (χ0) is 17.2. The Balaban J connectivity index is 1.61. The van der Waals surface area contributed by atoms with Gasteiger partial charge in [-0.3, -0.25) is 4.99 Å². The van der Waals surface area contributed by atoms with Crippen molar-refractivity contribution in [1.29, 1.82) is 0 Å². The summed E-state index contributed by atoms with van der Waals surface area (Å²) in [7, 11) is 0. The molecule has 0 saturated carbocycles. The molecule has 25 heavy (non-hydrogen) atoms. The third-order valence-electron chi connectivity index (χ3n) is 4.02. The van der Waals surface area contributed by atoms with Crippen LogP contribution < -0.4 is 0 Å². The highest BCUT2D eigenvalue weighted by Gasteiger charge is 2.09. The second kappa shape index (κ2) is 6.24. The number of phenols is 1. The molecule has 0 unspecified atom stereocenters. The Morgan fingerprint density at radius 2 is 1.76 bits per heavy atom. The predicted molar refractivity (Wildman–Crippen MR) is 99.5 cm³/mol. The van der Waals surface area contributed by atoms with Crippen molar-refractivity contribution in [2.75, 3.05) is 0 Å². The highest BCUT2D eigenvalue weighted by Crippen LogP contribution is 2.27. The number of benzene rings is 3. The lowest BCUT2D eigenvalue weighted by molar-refractivity contribution is 0.474. The van der Waals surface area contributed by atoms with Crippen LogP contribution in [0.1, 0.15) is 11.1 Å². The number of phenolic OH excluding ortho intramolecular Hbond substituents is 1. The zero-order valence-electron chi connectivity index (χ0n) is 13.7. The fourth-order valence-electron chi connectivity index (χ4n) is 2.64. The standard InChI is InChI=1S/C21H16N2O2/c1-14-5-4-8-19-20(14)23-21(25-19)15-9-11-17(12-10-15)22-13-16-6-2-3-7-18(16)24/h2-13,24H,1H3. The topological polar surface area (TPSA) is 58.6 Å². The van der Waals surface area contributed by atoms with Gasteiger partial charge >= 0.3 is 0 Å². The third kappa shape index (κ3) is 3.02. The van der Waals surface area contributed by atoms with Crippen LogP contribution in [-0.4, -0.2) is 16.3 Å². The molecule has 4 heteroatoms. The van der Waals surface area contributed by atoms with Crippen LogP contribution in [0.3, 0.4) is 0 Å². The lowest BCUT2D eigenvalue weighted by Gasteiger charge is -1.98. The Bertz CT molecular complexity index is 1060. The number of aromatic hydroxyl groups is 1. The van der Waals surface area contributed by atoms with Gasteiger partial charge in [-0.1, -0.05) is 24.3 Å². The largest absolute Gasteiger partial charge is 0.507 e. The van der Waals surface area contributed by atoms with Gasteiger partial charge in [-0.15, -0.1) is 0 Å². The minimum Gasteiger partial charge on any atom is -0.507 e. The van der Waals surface area contributed by atoms with Gasteiger partial charge in [-0.05, 0) is 55.0 Å². The van der Waals surface area contributed by atoms with Crippen LogP contribution in [0, 0.1) is 6.92 Å². The number of aliphatic imine (C=N–C) groups is 1. The van der Waals surface area contributed by atoms with Crippen LogP contribution in [-0.2, 0) is 0 Å². The van der Waals surface area contributed by atoms with Crippen molar-refractivity contribution >= 4 is 23.0 Å². The Hall–Kier alpha value is -3.40. The number of aryl methyl sites for hydroxylation is 1. The van der Waals surface area contributed by atoms with E-state index in [1.165, 1.54) is 0 Å². The van der Waals surface area contributed by atoms with E-state index in [2.05, 4.69) is 9.98 Å². The maximum absolute atomic E-state index is 9.76. The number of hydrogen-bond acceptors (Lipinski definition) is 4. The van der Waals surface area contributed by atoms with E-state index in [1.54, 1.807) is 18.3 Å². The van der Waals surface area contributed by atoms with Crippen LogP contribution in [0.4, 0.5) is 5.69 Å². The van der Waals surface area contributed by atoms with Gasteiger partial charge in [0.25, 0.3) is 0 Å². The average molecular weight is 328 g/mol. The Labute approximate surface area is 145 Å². The first kappa shape index (κ1) is 15.1. The van der Waals surface area contributed by atoms with Gasteiger partial charge in [0.05, 0.1) is 5.69 Å². The van der Waals surface area contributed by atoms with Crippen LogP contribution in [0.5, 0.6) is 5.75 Å². The van der Waals surface area contributed by atoms with Crippen molar-refractivity contribution in [3.8, 4) is 17.2 Å². The summed E-state index contributed by atoms with van der Waals surface area (Å²) in [6.45, 7) is 2.02. The number of aromatic nitrogens is 1. The maximum Gasteiger partial charge on any atom is 0.227 e. The molecule has 0 spiro atoms. The first-order valence-corrected chi connectivity index (χ1v) is 7.99. The van der Waals surface area contributed by atoms with E-state index < -0.39 is 0 Å². The average Bonchev–Trinajstić information content (AvgIpc) is 3.07. The van der Waals surface area contributed by atoms with Gasteiger partial charge in [0, 0.05) is 17.3 Å². The van der Waals surface area contributed by atoms with Crippen LogP contribution in [0.25, 0.3) is 22.6 Å². The fraction of sp³-hybridized carbons (Fsp3) is 0.0476. The lowest BCUT2D eigenvalue weighted by atomic mass is 10.2. The molecular weight excluding hydrogens is 312 g/mol. The van der Waals surface area contributed by atoms with E-state index in [0.29, 0.717) is 11.5 Å². The lowest BCUT2D eigenvalue weighted by Crippen LogP contribution is -1.81. The summed E-state index contributed by atoms with van der Waals surface area (Å²) in [5.41, 5.74) is 5.14. The predicted octanol–water partition coefficient (Wildman–Crippen LogP) is 5.26. The normalized spacial score (nSPS) is 11.4. The highest BCUT2D eigenvalue weighted by molar-refractivity contribution is 5.85. The van der Waals surface area contributed by atoms with Gasteiger partial charge in [-0.25, -0.2) is 4.98 Å². The molecule has 0 bridgehead atoms. The van der Waals surface area contributed by atoms with Gasteiger partial charge in [0.2, 0.25) is 5.89 Å². The molecule has 0 aliphatic rings. The molecule has 1 heterocycles. The van der Waals surface area contributed by atoms with Gasteiger partial charge in [0.15, 0.2) is 5.58 Å². The zero-order valence-corrected chi connectivity index (χ0v) is 13.7. The van der Waals surface area contributed by atoms with Crippen molar-refractivity contribution in [3.05, 3.63) is 77.9 Å². The molecule has 122 valence electrons. The molecule has 1 aromatic heterocycles. The van der Waals surface area contributed by atoms with Crippen molar-refractivity contribution < 1.29 is 9.52 Å². The number of fused-ring (bicyclic) bond motifs is 1. The summed E-state index contributed by atoms with van der Waals surface area (Å²) >= 11 is 0. The second-order valence-corrected chi connectivity index (χ2v) is 5.80. The number of oxazole rings is 1. The minimum absolute atomic E-state index is 0.213. The van der Waals surface area contributed by atoms with E-state index in [0.717, 1.165) is 27.9 Å². The molecule has 0 aliphatic carbocycles. The third-order valence-corrected chi connectivity index (χ3v) is 4.02. The van der Waals surface area contributed by atoms with E-state index >= 15 is 0 Å². The van der Waals surface area contributed by atoms with Crippen LogP contribution in [0.2, 0.25) is 0 Å². The van der Waals surface area contributed by atoms with Crippen molar-refractivity contribution in [3.63, 3.8) is 0 Å². The molecule has 0 amide bonds. The fourth-order valence-corrected chi connectivity index (χ4v) is 2.64. The molecule has 0 aliphatic heterocycles.